The fraction of sp³-hybridized carbons (Fsp3) is 0.400. The van der Waals surface area contributed by atoms with Gasteiger partial charge in [-0.3, -0.25) is 4.79 Å². The minimum absolute atomic E-state index is 0.233. The maximum atomic E-state index is 12.9. The lowest BCUT2D eigenvalue weighted by Crippen LogP contribution is -2.29. The number of rotatable bonds is 6. The van der Waals surface area contributed by atoms with Crippen LogP contribution in [0.3, 0.4) is 0 Å². The molecule has 1 fully saturated rings. The highest BCUT2D eigenvalue weighted by Gasteiger charge is 2.26. The summed E-state index contributed by atoms with van der Waals surface area (Å²) in [6.07, 6.45) is 3.30. The molecule has 33 heavy (non-hydrogen) atoms. The topological polar surface area (TPSA) is 81.2 Å². The summed E-state index contributed by atoms with van der Waals surface area (Å²) in [5, 5.41) is 17.5. The van der Waals surface area contributed by atoms with E-state index < -0.39 is 0 Å². The summed E-state index contributed by atoms with van der Waals surface area (Å²) in [7, 11) is 0. The lowest BCUT2D eigenvalue weighted by atomic mass is 9.99. The van der Waals surface area contributed by atoms with Gasteiger partial charge < -0.3 is 4.90 Å². The van der Waals surface area contributed by atoms with Gasteiger partial charge in [-0.2, -0.15) is 9.61 Å². The van der Waals surface area contributed by atoms with E-state index in [0.717, 1.165) is 48.7 Å². The van der Waals surface area contributed by atoms with E-state index in [1.165, 1.54) is 5.56 Å². The van der Waals surface area contributed by atoms with Crippen LogP contribution in [0.5, 0.6) is 0 Å². The summed E-state index contributed by atoms with van der Waals surface area (Å²) >= 11 is 0. The molecule has 1 atom stereocenters. The molecule has 5 rings (SSSR count). The highest BCUT2D eigenvalue weighted by Crippen LogP contribution is 2.23. The van der Waals surface area contributed by atoms with Crippen molar-refractivity contribution < 1.29 is 4.79 Å². The van der Waals surface area contributed by atoms with Crippen molar-refractivity contribution in [2.75, 3.05) is 13.1 Å². The molecule has 1 amide bonds. The first-order valence-electron chi connectivity index (χ1n) is 11.6. The van der Waals surface area contributed by atoms with E-state index in [1.54, 1.807) is 4.52 Å². The van der Waals surface area contributed by atoms with Gasteiger partial charge in [0, 0.05) is 25.2 Å². The van der Waals surface area contributed by atoms with Crippen LogP contribution in [0.1, 0.15) is 41.2 Å². The van der Waals surface area contributed by atoms with Gasteiger partial charge in [0.05, 0.1) is 5.69 Å². The number of fused-ring (bicyclic) bond motifs is 1. The van der Waals surface area contributed by atoms with Crippen molar-refractivity contribution in [2.45, 2.75) is 46.5 Å². The molecule has 0 radical (unpaired) electrons. The van der Waals surface area contributed by atoms with Crippen LogP contribution in [0, 0.1) is 26.7 Å². The third-order valence-corrected chi connectivity index (χ3v) is 6.66. The predicted molar refractivity (Wildman–Crippen MR) is 125 cm³/mol. The fourth-order valence-corrected chi connectivity index (χ4v) is 4.82. The Bertz CT molecular complexity index is 1290. The lowest BCUT2D eigenvalue weighted by Gasteiger charge is -2.17. The third-order valence-electron chi connectivity index (χ3n) is 6.66. The smallest absolute Gasteiger partial charge is 0.222 e. The quantitative estimate of drug-likeness (QED) is 0.457. The molecular formula is C25H29N7O. The molecule has 1 unspecified atom stereocenters. The van der Waals surface area contributed by atoms with Crippen LogP contribution in [-0.4, -0.2) is 53.5 Å². The molecule has 1 aromatic carbocycles. The number of carbonyl (C=O) groups is 1. The van der Waals surface area contributed by atoms with Gasteiger partial charge in [0.25, 0.3) is 0 Å². The van der Waals surface area contributed by atoms with Gasteiger partial charge in [0.15, 0.2) is 17.3 Å². The summed E-state index contributed by atoms with van der Waals surface area (Å²) in [5.74, 6) is 2.23. The summed E-state index contributed by atoms with van der Waals surface area (Å²) in [6.45, 7) is 7.62. The Kier molecular flexibility index (Phi) is 5.66. The van der Waals surface area contributed by atoms with Crippen molar-refractivity contribution in [3.05, 3.63) is 70.8 Å². The van der Waals surface area contributed by atoms with Crippen LogP contribution in [-0.2, 0) is 17.6 Å². The zero-order valence-corrected chi connectivity index (χ0v) is 19.4. The average Bonchev–Trinajstić information content (AvgIpc) is 3.51. The van der Waals surface area contributed by atoms with Gasteiger partial charge in [-0.25, -0.2) is 4.68 Å². The van der Waals surface area contributed by atoms with Crippen molar-refractivity contribution in [1.29, 1.82) is 0 Å². The molecule has 8 nitrogen and oxygen atoms in total. The number of benzene rings is 1. The van der Waals surface area contributed by atoms with Crippen LogP contribution in [0.2, 0.25) is 0 Å². The number of hydrogen-bond donors (Lipinski definition) is 0. The molecule has 1 aliphatic heterocycles. The molecule has 8 heteroatoms. The second kappa shape index (κ2) is 8.77. The average molecular weight is 444 g/mol. The SMILES string of the molecule is Cc1nn(-c2ccc3nnc(C)n3n2)c(C)c1CCC(=O)N1CCC(Cc2ccccc2)C1. The first kappa shape index (κ1) is 21.3. The molecule has 3 aromatic heterocycles. The Hall–Kier alpha value is -3.55. The number of aryl methyl sites for hydroxylation is 2. The zero-order chi connectivity index (χ0) is 22.9. The summed E-state index contributed by atoms with van der Waals surface area (Å²) in [4.78, 5) is 15.0. The van der Waals surface area contributed by atoms with E-state index in [9.17, 15) is 4.79 Å². The first-order chi connectivity index (χ1) is 16.0. The largest absolute Gasteiger partial charge is 0.342 e. The highest BCUT2D eigenvalue weighted by atomic mass is 16.2. The highest BCUT2D eigenvalue weighted by molar-refractivity contribution is 5.76. The molecule has 0 aliphatic carbocycles. The van der Waals surface area contributed by atoms with Gasteiger partial charge in [-0.05, 0) is 69.2 Å². The zero-order valence-electron chi connectivity index (χ0n) is 19.4. The van der Waals surface area contributed by atoms with Gasteiger partial charge in [-0.1, -0.05) is 30.3 Å². The Morgan fingerprint density at radius 3 is 2.67 bits per heavy atom. The Morgan fingerprint density at radius 2 is 1.85 bits per heavy atom. The molecule has 0 N–H and O–H groups in total. The van der Waals surface area contributed by atoms with E-state index in [-0.39, 0.29) is 5.91 Å². The van der Waals surface area contributed by atoms with Crippen LogP contribution in [0.15, 0.2) is 42.5 Å². The number of aromatic nitrogens is 6. The van der Waals surface area contributed by atoms with Crippen molar-refractivity contribution in [2.24, 2.45) is 5.92 Å². The van der Waals surface area contributed by atoms with E-state index in [2.05, 4.69) is 39.6 Å². The second-order valence-corrected chi connectivity index (χ2v) is 8.95. The van der Waals surface area contributed by atoms with Crippen molar-refractivity contribution in [3.8, 4) is 5.82 Å². The number of hydrogen-bond acceptors (Lipinski definition) is 5. The normalized spacial score (nSPS) is 16.1. The number of nitrogens with zero attached hydrogens (tertiary/aromatic N) is 7. The van der Waals surface area contributed by atoms with Gasteiger partial charge >= 0.3 is 0 Å². The monoisotopic (exact) mass is 443 g/mol. The van der Waals surface area contributed by atoms with Gasteiger partial charge in [0.1, 0.15) is 0 Å². The Balaban J connectivity index is 1.24. The molecule has 1 aliphatic rings. The van der Waals surface area contributed by atoms with Gasteiger partial charge in [-0.15, -0.1) is 15.3 Å². The third kappa shape index (κ3) is 4.25. The summed E-state index contributed by atoms with van der Waals surface area (Å²) in [5.41, 5.74) is 5.13. The van der Waals surface area contributed by atoms with E-state index in [0.29, 0.717) is 30.2 Å². The van der Waals surface area contributed by atoms with Crippen LogP contribution in [0.25, 0.3) is 11.5 Å². The molecule has 0 saturated carbocycles. The minimum Gasteiger partial charge on any atom is -0.342 e. The fourth-order valence-electron chi connectivity index (χ4n) is 4.82. The van der Waals surface area contributed by atoms with Crippen LogP contribution < -0.4 is 0 Å². The maximum Gasteiger partial charge on any atom is 0.222 e. The van der Waals surface area contributed by atoms with Crippen molar-refractivity contribution in [1.82, 2.24) is 34.5 Å². The first-order valence-corrected chi connectivity index (χ1v) is 11.6. The predicted octanol–water partition coefficient (Wildman–Crippen LogP) is 3.26. The summed E-state index contributed by atoms with van der Waals surface area (Å²) < 4.78 is 3.56. The van der Waals surface area contributed by atoms with E-state index in [1.807, 2.05) is 48.6 Å². The second-order valence-electron chi connectivity index (χ2n) is 8.95. The van der Waals surface area contributed by atoms with Crippen molar-refractivity contribution in [3.63, 3.8) is 0 Å². The summed E-state index contributed by atoms with van der Waals surface area (Å²) in [6, 6.07) is 14.3. The van der Waals surface area contributed by atoms with Crippen LogP contribution in [0.4, 0.5) is 0 Å². The molecular weight excluding hydrogens is 414 g/mol. The molecule has 4 heterocycles. The van der Waals surface area contributed by atoms with Crippen molar-refractivity contribution >= 4 is 11.6 Å². The lowest BCUT2D eigenvalue weighted by molar-refractivity contribution is -0.130. The molecule has 1 saturated heterocycles. The minimum atomic E-state index is 0.233. The number of amides is 1. The van der Waals surface area contributed by atoms with E-state index in [4.69, 9.17) is 5.10 Å². The molecule has 0 bridgehead atoms. The Morgan fingerprint density at radius 1 is 1.03 bits per heavy atom. The molecule has 0 spiro atoms. The standard InChI is InChI=1S/C25H29N7O/c1-17-22(18(2)31(28-17)24-11-10-23-27-26-19(3)32(23)29-24)9-12-25(33)30-14-13-21(16-30)15-20-7-5-4-6-8-20/h4-8,10-11,21H,9,12-16H2,1-3H3. The van der Waals surface area contributed by atoms with Crippen LogP contribution >= 0.6 is 0 Å². The maximum absolute atomic E-state index is 12.9. The molecule has 4 aromatic rings. The number of likely N-dealkylation sites (tertiary alicyclic amines) is 1. The van der Waals surface area contributed by atoms with Gasteiger partial charge in [0.2, 0.25) is 5.91 Å². The molecule has 170 valence electrons. The number of carbonyl (C=O) groups excluding carboxylic acids is 1. The van der Waals surface area contributed by atoms with E-state index >= 15 is 0 Å². The Labute approximate surface area is 193 Å².